The highest BCUT2D eigenvalue weighted by molar-refractivity contribution is 7.48. The molecule has 5 rings (SSSR count). The van der Waals surface area contributed by atoms with E-state index in [9.17, 15) is 4.57 Å². The van der Waals surface area contributed by atoms with Crippen LogP contribution in [0, 0.1) is 0 Å². The van der Waals surface area contributed by atoms with Gasteiger partial charge in [-0.15, -0.1) is 0 Å². The van der Waals surface area contributed by atoms with Crippen molar-refractivity contribution in [2.75, 3.05) is 0 Å². The lowest BCUT2D eigenvalue weighted by atomic mass is 10.1. The normalized spacial score (nSPS) is 11.4. The van der Waals surface area contributed by atoms with Crippen LogP contribution < -0.4 is 4.52 Å². The summed E-state index contributed by atoms with van der Waals surface area (Å²) in [5.41, 5.74) is 4.08. The molecule has 1 heterocycles. The zero-order chi connectivity index (χ0) is 23.9. The fourth-order valence-corrected chi connectivity index (χ4v) is 4.83. The fourth-order valence-electron chi connectivity index (χ4n) is 3.64. The van der Waals surface area contributed by atoms with Gasteiger partial charge in [0.05, 0.1) is 24.4 Å². The molecule has 0 radical (unpaired) electrons. The van der Waals surface area contributed by atoms with Crippen molar-refractivity contribution in [1.82, 2.24) is 4.98 Å². The molecule has 0 saturated heterocycles. The van der Waals surface area contributed by atoms with Crippen LogP contribution >= 0.6 is 7.82 Å². The van der Waals surface area contributed by atoms with E-state index in [4.69, 9.17) is 18.6 Å². The molecule has 6 heteroatoms. The van der Waals surface area contributed by atoms with E-state index < -0.39 is 7.82 Å². The molecule has 0 unspecified atom stereocenters. The van der Waals surface area contributed by atoms with E-state index in [2.05, 4.69) is 0 Å². The maximum absolute atomic E-state index is 13.9. The molecule has 0 amide bonds. The van der Waals surface area contributed by atoms with E-state index >= 15 is 0 Å². The standard InChI is InChI=1S/C29H24NO4P/c31-35(32-21-23-12-4-1-5-13-23,33-22-24-14-6-2-7-15-24)34-29-20-28(25-16-8-3-9-17-25)30-27-19-11-10-18-26(27)29/h1-20H,21-22H2. The SMILES string of the molecule is O=P(OCc1ccccc1)(OCc1ccccc1)Oc1cc(-c2ccccc2)nc2ccccc12. The maximum Gasteiger partial charge on any atom is 0.530 e. The summed E-state index contributed by atoms with van der Waals surface area (Å²) in [5.74, 6) is 0.388. The summed E-state index contributed by atoms with van der Waals surface area (Å²) in [6, 6.07) is 38.2. The fraction of sp³-hybridized carbons (Fsp3) is 0.0690. The number of hydrogen-bond acceptors (Lipinski definition) is 5. The molecular formula is C29H24NO4P. The monoisotopic (exact) mass is 481 g/mol. The molecule has 0 fully saturated rings. The third-order valence-electron chi connectivity index (χ3n) is 5.42. The van der Waals surface area contributed by atoms with E-state index in [0.29, 0.717) is 11.4 Å². The highest BCUT2D eigenvalue weighted by Gasteiger charge is 2.30. The Morgan fingerprint density at radius 3 is 1.74 bits per heavy atom. The Morgan fingerprint density at radius 2 is 1.14 bits per heavy atom. The molecule has 0 bridgehead atoms. The number of pyridine rings is 1. The summed E-state index contributed by atoms with van der Waals surface area (Å²) in [7, 11) is -4.02. The first-order valence-electron chi connectivity index (χ1n) is 11.3. The van der Waals surface area contributed by atoms with Crippen LogP contribution in [0.5, 0.6) is 5.75 Å². The minimum absolute atomic E-state index is 0.0848. The second-order valence-electron chi connectivity index (χ2n) is 7.95. The van der Waals surface area contributed by atoms with Crippen LogP contribution in [0.2, 0.25) is 0 Å². The summed E-state index contributed by atoms with van der Waals surface area (Å²) in [5, 5.41) is 0.721. The number of hydrogen-bond donors (Lipinski definition) is 0. The lowest BCUT2D eigenvalue weighted by Crippen LogP contribution is -2.04. The molecule has 5 aromatic rings. The van der Waals surface area contributed by atoms with E-state index in [1.54, 1.807) is 6.07 Å². The highest BCUT2D eigenvalue weighted by Crippen LogP contribution is 2.52. The first kappa shape index (κ1) is 23.0. The van der Waals surface area contributed by atoms with Crippen molar-refractivity contribution < 1.29 is 18.1 Å². The summed E-state index contributed by atoms with van der Waals surface area (Å²) in [6.07, 6.45) is 0. The van der Waals surface area contributed by atoms with Crippen LogP contribution in [0.3, 0.4) is 0 Å². The molecule has 0 aliphatic rings. The van der Waals surface area contributed by atoms with Gasteiger partial charge in [0.2, 0.25) is 0 Å². The minimum atomic E-state index is -4.02. The van der Waals surface area contributed by atoms with Crippen molar-refractivity contribution in [3.05, 3.63) is 132 Å². The Bertz CT molecular complexity index is 1400. The zero-order valence-electron chi connectivity index (χ0n) is 19.0. The van der Waals surface area contributed by atoms with Gasteiger partial charge in [-0.05, 0) is 23.3 Å². The van der Waals surface area contributed by atoms with Gasteiger partial charge in [0.15, 0.2) is 0 Å². The number of aromatic nitrogens is 1. The van der Waals surface area contributed by atoms with Crippen LogP contribution in [-0.4, -0.2) is 4.98 Å². The first-order valence-corrected chi connectivity index (χ1v) is 12.8. The molecule has 4 aromatic carbocycles. The molecule has 174 valence electrons. The van der Waals surface area contributed by atoms with Crippen molar-refractivity contribution in [2.45, 2.75) is 13.2 Å². The molecule has 0 aliphatic carbocycles. The first-order chi connectivity index (χ1) is 17.2. The van der Waals surface area contributed by atoms with Gasteiger partial charge in [0.25, 0.3) is 0 Å². The molecule has 0 spiro atoms. The molecule has 0 saturated carbocycles. The summed E-state index contributed by atoms with van der Waals surface area (Å²) < 4.78 is 31.7. The predicted octanol–water partition coefficient (Wildman–Crippen LogP) is 7.82. The minimum Gasteiger partial charge on any atom is -0.403 e. The average Bonchev–Trinajstić information content (AvgIpc) is 2.92. The lowest BCUT2D eigenvalue weighted by molar-refractivity contribution is 0.143. The van der Waals surface area contributed by atoms with Gasteiger partial charge in [-0.3, -0.25) is 9.05 Å². The van der Waals surface area contributed by atoms with Gasteiger partial charge in [-0.1, -0.05) is 103 Å². The van der Waals surface area contributed by atoms with Crippen molar-refractivity contribution in [2.24, 2.45) is 0 Å². The van der Waals surface area contributed by atoms with E-state index in [1.165, 1.54) is 0 Å². The topological polar surface area (TPSA) is 57.7 Å². The number of benzene rings is 4. The Hall–Kier alpha value is -3.76. The number of para-hydroxylation sites is 1. The summed E-state index contributed by atoms with van der Waals surface area (Å²) in [6.45, 7) is 0.170. The van der Waals surface area contributed by atoms with E-state index in [1.807, 2.05) is 115 Å². The third-order valence-corrected chi connectivity index (χ3v) is 6.73. The number of nitrogens with zero attached hydrogens (tertiary/aromatic N) is 1. The van der Waals surface area contributed by atoms with Crippen molar-refractivity contribution in [1.29, 1.82) is 0 Å². The van der Waals surface area contributed by atoms with E-state index in [0.717, 1.165) is 27.6 Å². The zero-order valence-corrected chi connectivity index (χ0v) is 19.9. The second-order valence-corrected chi connectivity index (χ2v) is 9.54. The van der Waals surface area contributed by atoms with Gasteiger partial charge in [0, 0.05) is 17.0 Å². The Balaban J connectivity index is 1.50. The lowest BCUT2D eigenvalue weighted by Gasteiger charge is -2.20. The number of rotatable bonds is 9. The maximum atomic E-state index is 13.9. The van der Waals surface area contributed by atoms with Crippen molar-refractivity contribution in [3.63, 3.8) is 0 Å². The highest BCUT2D eigenvalue weighted by atomic mass is 31.2. The molecular weight excluding hydrogens is 457 g/mol. The van der Waals surface area contributed by atoms with E-state index in [-0.39, 0.29) is 13.2 Å². The summed E-state index contributed by atoms with van der Waals surface area (Å²) in [4.78, 5) is 4.77. The van der Waals surface area contributed by atoms with Crippen LogP contribution in [0.15, 0.2) is 121 Å². The van der Waals surface area contributed by atoms with Crippen molar-refractivity contribution in [3.8, 4) is 17.0 Å². The number of fused-ring (bicyclic) bond motifs is 1. The molecule has 35 heavy (non-hydrogen) atoms. The molecule has 0 atom stereocenters. The molecule has 0 aliphatic heterocycles. The predicted molar refractivity (Wildman–Crippen MR) is 138 cm³/mol. The Morgan fingerprint density at radius 1 is 0.629 bits per heavy atom. The van der Waals surface area contributed by atoms with Crippen LogP contribution in [0.25, 0.3) is 22.2 Å². The van der Waals surface area contributed by atoms with Crippen LogP contribution in [0.4, 0.5) is 0 Å². The quantitative estimate of drug-likeness (QED) is 0.201. The van der Waals surface area contributed by atoms with Gasteiger partial charge < -0.3 is 4.52 Å². The largest absolute Gasteiger partial charge is 0.530 e. The van der Waals surface area contributed by atoms with Gasteiger partial charge in [-0.2, -0.15) is 0 Å². The molecule has 5 nitrogen and oxygen atoms in total. The summed E-state index contributed by atoms with van der Waals surface area (Å²) >= 11 is 0. The number of phosphoric acid groups is 1. The molecule has 0 N–H and O–H groups in total. The second kappa shape index (κ2) is 10.7. The molecule has 1 aromatic heterocycles. The third kappa shape index (κ3) is 5.84. The van der Waals surface area contributed by atoms with Gasteiger partial charge in [0.1, 0.15) is 5.75 Å². The smallest absolute Gasteiger partial charge is 0.403 e. The van der Waals surface area contributed by atoms with Gasteiger partial charge >= 0.3 is 7.82 Å². The number of phosphoric ester groups is 1. The van der Waals surface area contributed by atoms with Crippen molar-refractivity contribution >= 4 is 18.7 Å². The van der Waals surface area contributed by atoms with Gasteiger partial charge in [-0.25, -0.2) is 9.55 Å². The average molecular weight is 481 g/mol. The Labute approximate surface area is 204 Å². The Kier molecular flexibility index (Phi) is 7.01. The van der Waals surface area contributed by atoms with Crippen LogP contribution in [0.1, 0.15) is 11.1 Å². The van der Waals surface area contributed by atoms with Crippen LogP contribution in [-0.2, 0) is 26.8 Å².